The molecular weight excluding hydrogens is 220 g/mol. The van der Waals surface area contributed by atoms with E-state index < -0.39 is 0 Å². The van der Waals surface area contributed by atoms with E-state index in [4.69, 9.17) is 0 Å². The van der Waals surface area contributed by atoms with Crippen LogP contribution in [0.4, 0.5) is 0 Å². The first-order valence-corrected chi connectivity index (χ1v) is 7.35. The van der Waals surface area contributed by atoms with Crippen molar-refractivity contribution in [3.8, 4) is 0 Å². The van der Waals surface area contributed by atoms with E-state index in [1.54, 1.807) is 0 Å². The largest absolute Gasteiger partial charge is 0.310 e. The lowest BCUT2D eigenvalue weighted by atomic mass is 10.1. The second-order valence-corrected chi connectivity index (χ2v) is 5.34. The smallest absolute Gasteiger partial charge is 0.0233 e. The molecule has 1 N–H and O–H groups in total. The molecule has 0 aliphatic heterocycles. The van der Waals surface area contributed by atoms with Gasteiger partial charge in [0, 0.05) is 19.1 Å². The van der Waals surface area contributed by atoms with E-state index >= 15 is 0 Å². The van der Waals surface area contributed by atoms with Gasteiger partial charge in [-0.05, 0) is 43.5 Å². The molecular formula is C16H26N2. The monoisotopic (exact) mass is 246 g/mol. The zero-order valence-electron chi connectivity index (χ0n) is 11.8. The van der Waals surface area contributed by atoms with E-state index in [-0.39, 0.29) is 0 Å². The summed E-state index contributed by atoms with van der Waals surface area (Å²) >= 11 is 0. The third-order valence-electron chi connectivity index (χ3n) is 3.59. The quantitative estimate of drug-likeness (QED) is 0.758. The van der Waals surface area contributed by atoms with Crippen LogP contribution in [0.5, 0.6) is 0 Å². The van der Waals surface area contributed by atoms with Crippen LogP contribution in [0.25, 0.3) is 0 Å². The third kappa shape index (κ3) is 4.43. The van der Waals surface area contributed by atoms with Gasteiger partial charge in [-0.15, -0.1) is 0 Å². The molecule has 0 heterocycles. The minimum absolute atomic E-state index is 0.796. The lowest BCUT2D eigenvalue weighted by molar-refractivity contribution is 0.280. The van der Waals surface area contributed by atoms with Gasteiger partial charge in [-0.1, -0.05) is 38.1 Å². The zero-order valence-corrected chi connectivity index (χ0v) is 11.8. The lowest BCUT2D eigenvalue weighted by Gasteiger charge is -2.19. The average molecular weight is 246 g/mol. The van der Waals surface area contributed by atoms with Crippen LogP contribution in [0.1, 0.15) is 44.2 Å². The lowest BCUT2D eigenvalue weighted by Crippen LogP contribution is -2.23. The number of nitrogens with one attached hydrogen (secondary N) is 1. The van der Waals surface area contributed by atoms with Gasteiger partial charge in [-0.3, -0.25) is 4.90 Å². The topological polar surface area (TPSA) is 15.3 Å². The van der Waals surface area contributed by atoms with Gasteiger partial charge >= 0.3 is 0 Å². The number of rotatable bonds is 8. The summed E-state index contributed by atoms with van der Waals surface area (Å²) in [5, 5.41) is 3.55. The van der Waals surface area contributed by atoms with Crippen LogP contribution in [-0.4, -0.2) is 24.0 Å². The Labute approximate surface area is 111 Å². The van der Waals surface area contributed by atoms with Crippen molar-refractivity contribution >= 4 is 0 Å². The van der Waals surface area contributed by atoms with Crippen LogP contribution >= 0.6 is 0 Å². The molecule has 0 saturated heterocycles. The van der Waals surface area contributed by atoms with E-state index in [1.807, 2.05) is 0 Å². The van der Waals surface area contributed by atoms with Crippen molar-refractivity contribution in [2.75, 3.05) is 13.1 Å². The van der Waals surface area contributed by atoms with Crippen molar-refractivity contribution in [3.63, 3.8) is 0 Å². The van der Waals surface area contributed by atoms with Gasteiger partial charge in [-0.2, -0.15) is 0 Å². The summed E-state index contributed by atoms with van der Waals surface area (Å²) in [6.07, 6.45) is 3.96. The predicted octanol–water partition coefficient (Wildman–Crippen LogP) is 3.17. The summed E-state index contributed by atoms with van der Waals surface area (Å²) in [7, 11) is 0. The summed E-state index contributed by atoms with van der Waals surface area (Å²) < 4.78 is 0. The normalized spacial score (nSPS) is 15.3. The minimum Gasteiger partial charge on any atom is -0.310 e. The van der Waals surface area contributed by atoms with E-state index in [9.17, 15) is 0 Å². The Morgan fingerprint density at radius 2 is 1.78 bits per heavy atom. The summed E-state index contributed by atoms with van der Waals surface area (Å²) in [4.78, 5) is 2.50. The maximum atomic E-state index is 3.55. The van der Waals surface area contributed by atoms with Crippen molar-refractivity contribution in [3.05, 3.63) is 35.4 Å². The summed E-state index contributed by atoms with van der Waals surface area (Å²) in [6.45, 7) is 8.93. The molecule has 0 radical (unpaired) electrons. The molecule has 1 saturated carbocycles. The molecule has 0 unspecified atom stereocenters. The van der Waals surface area contributed by atoms with Crippen LogP contribution in [0, 0.1) is 0 Å². The van der Waals surface area contributed by atoms with E-state index in [1.165, 1.54) is 36.9 Å². The molecule has 100 valence electrons. The third-order valence-corrected chi connectivity index (χ3v) is 3.59. The first kappa shape index (κ1) is 13.6. The van der Waals surface area contributed by atoms with E-state index in [0.717, 1.165) is 25.7 Å². The number of nitrogens with zero attached hydrogens (tertiary/aromatic N) is 1. The second kappa shape index (κ2) is 6.91. The highest BCUT2D eigenvalue weighted by Crippen LogP contribution is 2.19. The summed E-state index contributed by atoms with van der Waals surface area (Å²) in [6, 6.07) is 9.89. The molecule has 0 spiro atoms. The molecule has 2 nitrogen and oxygen atoms in total. The highest BCUT2D eigenvalue weighted by molar-refractivity contribution is 5.22. The van der Waals surface area contributed by atoms with Gasteiger partial charge in [0.25, 0.3) is 0 Å². The van der Waals surface area contributed by atoms with Crippen molar-refractivity contribution in [1.82, 2.24) is 10.2 Å². The fraction of sp³-hybridized carbons (Fsp3) is 0.625. The number of hydrogen-bond acceptors (Lipinski definition) is 2. The highest BCUT2D eigenvalue weighted by atomic mass is 15.1. The minimum atomic E-state index is 0.796. The maximum Gasteiger partial charge on any atom is 0.0233 e. The van der Waals surface area contributed by atoms with Crippen LogP contribution in [0.15, 0.2) is 24.3 Å². The van der Waals surface area contributed by atoms with Crippen molar-refractivity contribution in [2.24, 2.45) is 0 Å². The van der Waals surface area contributed by atoms with Crippen LogP contribution in [-0.2, 0) is 13.1 Å². The number of benzene rings is 1. The zero-order chi connectivity index (χ0) is 12.8. The van der Waals surface area contributed by atoms with E-state index in [0.29, 0.717) is 0 Å². The Bertz CT molecular complexity index is 341. The Morgan fingerprint density at radius 3 is 2.33 bits per heavy atom. The molecule has 2 rings (SSSR count). The number of hydrogen-bond donors (Lipinski definition) is 1. The Hall–Kier alpha value is -0.860. The maximum absolute atomic E-state index is 3.55. The Balaban J connectivity index is 1.81. The Kier molecular flexibility index (Phi) is 5.21. The molecule has 0 atom stereocenters. The standard InChI is InChI=1S/C16H26N2/c1-3-11-18(4-2)13-15-7-5-14(6-8-15)12-17-16-9-10-16/h5-8,16-17H,3-4,9-13H2,1-2H3. The summed E-state index contributed by atoms with van der Waals surface area (Å²) in [5.41, 5.74) is 2.84. The van der Waals surface area contributed by atoms with Gasteiger partial charge < -0.3 is 5.32 Å². The molecule has 1 aliphatic rings. The van der Waals surface area contributed by atoms with Gasteiger partial charge in [-0.25, -0.2) is 0 Å². The predicted molar refractivity (Wildman–Crippen MR) is 77.5 cm³/mol. The highest BCUT2D eigenvalue weighted by Gasteiger charge is 2.19. The van der Waals surface area contributed by atoms with Crippen LogP contribution in [0.2, 0.25) is 0 Å². The van der Waals surface area contributed by atoms with Crippen LogP contribution in [0.3, 0.4) is 0 Å². The van der Waals surface area contributed by atoms with Gasteiger partial charge in [0.05, 0.1) is 0 Å². The first-order chi connectivity index (χ1) is 8.81. The van der Waals surface area contributed by atoms with E-state index in [2.05, 4.69) is 48.3 Å². The molecule has 1 fully saturated rings. The molecule has 1 aromatic rings. The fourth-order valence-corrected chi connectivity index (χ4v) is 2.24. The van der Waals surface area contributed by atoms with Gasteiger partial charge in [0.15, 0.2) is 0 Å². The van der Waals surface area contributed by atoms with Crippen molar-refractivity contribution < 1.29 is 0 Å². The SMILES string of the molecule is CCCN(CC)Cc1ccc(CNC2CC2)cc1. The average Bonchev–Trinajstić information content (AvgIpc) is 3.21. The van der Waals surface area contributed by atoms with Gasteiger partial charge in [0.2, 0.25) is 0 Å². The molecule has 0 aromatic heterocycles. The summed E-state index contributed by atoms with van der Waals surface area (Å²) in [5.74, 6) is 0. The molecule has 2 heteroatoms. The van der Waals surface area contributed by atoms with Crippen molar-refractivity contribution in [1.29, 1.82) is 0 Å². The molecule has 1 aromatic carbocycles. The first-order valence-electron chi connectivity index (χ1n) is 7.35. The van der Waals surface area contributed by atoms with Gasteiger partial charge in [0.1, 0.15) is 0 Å². The molecule has 0 bridgehead atoms. The van der Waals surface area contributed by atoms with Crippen LogP contribution < -0.4 is 5.32 Å². The fourth-order valence-electron chi connectivity index (χ4n) is 2.24. The molecule has 1 aliphatic carbocycles. The molecule has 0 amide bonds. The molecule has 18 heavy (non-hydrogen) atoms. The second-order valence-electron chi connectivity index (χ2n) is 5.34. The van der Waals surface area contributed by atoms with Crippen molar-refractivity contribution in [2.45, 2.75) is 52.2 Å². The Morgan fingerprint density at radius 1 is 1.11 bits per heavy atom.